The lowest BCUT2D eigenvalue weighted by atomic mass is 10.1. The maximum absolute atomic E-state index is 12.6. The summed E-state index contributed by atoms with van der Waals surface area (Å²) >= 11 is 0. The predicted molar refractivity (Wildman–Crippen MR) is 141 cm³/mol. The zero-order valence-corrected chi connectivity index (χ0v) is 20.5. The summed E-state index contributed by atoms with van der Waals surface area (Å²) in [5, 5.41) is 3.02. The molecule has 4 rings (SSSR count). The van der Waals surface area contributed by atoms with Crippen molar-refractivity contribution in [2.24, 2.45) is 5.73 Å². The molecule has 3 aromatic carbocycles. The topological polar surface area (TPSA) is 87.9 Å². The van der Waals surface area contributed by atoms with Crippen molar-refractivity contribution in [3.05, 3.63) is 107 Å². The largest absolute Gasteiger partial charge is 0.489 e. The quantitative estimate of drug-likeness (QED) is 0.412. The molecule has 36 heavy (non-hydrogen) atoms. The molecule has 3 aromatic rings. The van der Waals surface area contributed by atoms with E-state index in [9.17, 15) is 9.59 Å². The summed E-state index contributed by atoms with van der Waals surface area (Å²) in [5.74, 6) is 0.260. The van der Waals surface area contributed by atoms with Crippen molar-refractivity contribution in [1.29, 1.82) is 0 Å². The highest BCUT2D eigenvalue weighted by Gasteiger charge is 2.23. The van der Waals surface area contributed by atoms with E-state index < -0.39 is 5.91 Å². The molecule has 0 unspecified atom stereocenters. The maximum Gasteiger partial charge on any atom is 0.322 e. The van der Waals surface area contributed by atoms with Gasteiger partial charge in [-0.25, -0.2) is 4.79 Å². The molecule has 0 aliphatic carbocycles. The second kappa shape index (κ2) is 11.9. The van der Waals surface area contributed by atoms with Crippen molar-refractivity contribution in [3.63, 3.8) is 0 Å². The number of aryl methyl sites for hydroxylation is 1. The van der Waals surface area contributed by atoms with Crippen LogP contribution in [-0.2, 0) is 13.0 Å². The Bertz CT molecular complexity index is 1210. The van der Waals surface area contributed by atoms with Crippen LogP contribution in [0, 0.1) is 0 Å². The van der Waals surface area contributed by atoms with E-state index in [2.05, 4.69) is 29.6 Å². The Morgan fingerprint density at radius 2 is 1.69 bits per heavy atom. The molecule has 3 N–H and O–H groups in total. The van der Waals surface area contributed by atoms with Crippen LogP contribution < -0.4 is 15.8 Å². The van der Waals surface area contributed by atoms with Crippen LogP contribution in [0.2, 0.25) is 0 Å². The number of hydrogen-bond acceptors (Lipinski definition) is 4. The number of nitrogens with one attached hydrogen (secondary N) is 1. The molecule has 1 heterocycles. The molecule has 0 radical (unpaired) electrons. The van der Waals surface area contributed by atoms with Gasteiger partial charge in [0.25, 0.3) is 0 Å². The van der Waals surface area contributed by atoms with Crippen LogP contribution in [0.15, 0.2) is 85.1 Å². The van der Waals surface area contributed by atoms with Crippen LogP contribution in [0.1, 0.15) is 39.9 Å². The number of ether oxygens (including phenoxy) is 1. The van der Waals surface area contributed by atoms with Gasteiger partial charge < -0.3 is 20.7 Å². The SMILES string of the molecule is CN1CN(C(=O)NCCCCc2ccccc2)C=C1c1ccc(OCc2cccc(C(N)=O)c2)cc1. The van der Waals surface area contributed by atoms with Crippen molar-refractivity contribution in [2.75, 3.05) is 20.3 Å². The Hall–Kier alpha value is -4.26. The lowest BCUT2D eigenvalue weighted by molar-refractivity contribution is 0.1000. The smallest absolute Gasteiger partial charge is 0.322 e. The molecule has 0 spiro atoms. The fraction of sp³-hybridized carbons (Fsp3) is 0.241. The van der Waals surface area contributed by atoms with Gasteiger partial charge in [-0.05, 0) is 72.4 Å². The number of carbonyl (C=O) groups excluding carboxylic acids is 2. The molecular formula is C29H32N4O3. The molecule has 7 nitrogen and oxygen atoms in total. The number of urea groups is 1. The minimum atomic E-state index is -0.457. The molecule has 3 amide bonds. The number of rotatable bonds is 10. The Kier molecular flexibility index (Phi) is 8.24. The van der Waals surface area contributed by atoms with Crippen molar-refractivity contribution in [2.45, 2.75) is 25.9 Å². The molecule has 1 aliphatic rings. The minimum absolute atomic E-state index is 0.0882. The van der Waals surface area contributed by atoms with E-state index in [0.717, 1.165) is 41.8 Å². The van der Waals surface area contributed by atoms with Crippen LogP contribution in [0.25, 0.3) is 5.70 Å². The fourth-order valence-corrected chi connectivity index (χ4v) is 4.11. The molecule has 7 heteroatoms. The number of primary amides is 1. The van der Waals surface area contributed by atoms with Gasteiger partial charge in [-0.1, -0.05) is 42.5 Å². The van der Waals surface area contributed by atoms with Gasteiger partial charge in [-0.2, -0.15) is 0 Å². The molecule has 0 fully saturated rings. The van der Waals surface area contributed by atoms with Crippen molar-refractivity contribution < 1.29 is 14.3 Å². The Morgan fingerprint density at radius 3 is 2.44 bits per heavy atom. The Labute approximate surface area is 212 Å². The third-order valence-corrected chi connectivity index (χ3v) is 6.09. The van der Waals surface area contributed by atoms with Crippen molar-refractivity contribution in [3.8, 4) is 5.75 Å². The normalized spacial score (nSPS) is 12.9. The zero-order chi connectivity index (χ0) is 25.3. The number of nitrogens with two attached hydrogens (primary N) is 1. The summed E-state index contributed by atoms with van der Waals surface area (Å²) in [6, 6.07) is 25.2. The number of amides is 3. The van der Waals surface area contributed by atoms with Gasteiger partial charge in [0.15, 0.2) is 0 Å². The van der Waals surface area contributed by atoms with Gasteiger partial charge in [0.05, 0.1) is 12.4 Å². The van der Waals surface area contributed by atoms with Gasteiger partial charge >= 0.3 is 6.03 Å². The highest BCUT2D eigenvalue weighted by atomic mass is 16.5. The van der Waals surface area contributed by atoms with E-state index in [-0.39, 0.29) is 6.03 Å². The molecule has 0 saturated carbocycles. The van der Waals surface area contributed by atoms with E-state index in [0.29, 0.717) is 25.4 Å². The van der Waals surface area contributed by atoms with E-state index in [4.69, 9.17) is 10.5 Å². The first-order valence-corrected chi connectivity index (χ1v) is 12.1. The summed E-state index contributed by atoms with van der Waals surface area (Å²) in [5.41, 5.74) is 9.97. The van der Waals surface area contributed by atoms with Crippen LogP contribution in [0.3, 0.4) is 0 Å². The van der Waals surface area contributed by atoms with E-state index in [1.165, 1.54) is 5.56 Å². The highest BCUT2D eigenvalue weighted by Crippen LogP contribution is 2.26. The molecule has 0 atom stereocenters. The average Bonchev–Trinajstić information content (AvgIpc) is 3.30. The summed E-state index contributed by atoms with van der Waals surface area (Å²) in [4.78, 5) is 27.7. The van der Waals surface area contributed by atoms with Gasteiger partial charge in [-0.15, -0.1) is 0 Å². The number of hydrogen-bond donors (Lipinski definition) is 2. The van der Waals surface area contributed by atoms with Gasteiger partial charge in [-0.3, -0.25) is 9.69 Å². The van der Waals surface area contributed by atoms with Crippen molar-refractivity contribution in [1.82, 2.24) is 15.1 Å². The molecule has 0 aromatic heterocycles. The first kappa shape index (κ1) is 24.9. The Morgan fingerprint density at radius 1 is 0.944 bits per heavy atom. The summed E-state index contributed by atoms with van der Waals surface area (Å²) in [7, 11) is 1.97. The van der Waals surface area contributed by atoms with Crippen LogP contribution in [0.5, 0.6) is 5.75 Å². The summed E-state index contributed by atoms with van der Waals surface area (Å²) in [6.07, 6.45) is 4.88. The fourth-order valence-electron chi connectivity index (χ4n) is 4.11. The van der Waals surface area contributed by atoms with E-state index in [1.807, 2.05) is 54.5 Å². The molecule has 0 bridgehead atoms. The zero-order valence-electron chi connectivity index (χ0n) is 20.5. The first-order valence-electron chi connectivity index (χ1n) is 12.1. The second-order valence-corrected chi connectivity index (χ2v) is 8.88. The lowest BCUT2D eigenvalue weighted by Crippen LogP contribution is -2.38. The number of unbranched alkanes of at least 4 members (excludes halogenated alkanes) is 1. The average molecular weight is 485 g/mol. The minimum Gasteiger partial charge on any atom is -0.489 e. The summed E-state index contributed by atoms with van der Waals surface area (Å²) in [6.45, 7) is 1.49. The van der Waals surface area contributed by atoms with Crippen molar-refractivity contribution >= 4 is 17.6 Å². The van der Waals surface area contributed by atoms with E-state index in [1.54, 1.807) is 23.1 Å². The number of carbonyl (C=O) groups is 2. The molecule has 186 valence electrons. The van der Waals surface area contributed by atoms with E-state index >= 15 is 0 Å². The van der Waals surface area contributed by atoms with Gasteiger partial charge in [0, 0.05) is 25.4 Å². The second-order valence-electron chi connectivity index (χ2n) is 8.88. The Balaban J connectivity index is 1.25. The first-order chi connectivity index (χ1) is 17.5. The third-order valence-electron chi connectivity index (χ3n) is 6.09. The maximum atomic E-state index is 12.6. The third kappa shape index (κ3) is 6.66. The van der Waals surface area contributed by atoms with Crippen LogP contribution in [-0.4, -0.2) is 42.0 Å². The molecule has 1 aliphatic heterocycles. The molecule has 0 saturated heterocycles. The lowest BCUT2D eigenvalue weighted by Gasteiger charge is -2.19. The van der Waals surface area contributed by atoms with Gasteiger partial charge in [0.1, 0.15) is 12.4 Å². The highest BCUT2D eigenvalue weighted by molar-refractivity contribution is 5.92. The number of nitrogens with zero attached hydrogens (tertiary/aromatic N) is 2. The molecular weight excluding hydrogens is 452 g/mol. The van der Waals surface area contributed by atoms with Crippen LogP contribution in [0.4, 0.5) is 4.79 Å². The van der Waals surface area contributed by atoms with Gasteiger partial charge in [0.2, 0.25) is 5.91 Å². The van der Waals surface area contributed by atoms with Crippen LogP contribution >= 0.6 is 0 Å². The monoisotopic (exact) mass is 484 g/mol. The standard InChI is InChI=1S/C29H32N4O3/c1-32-21-33(29(35)31-17-6-5-10-22-8-3-2-4-9-22)19-27(32)24-13-15-26(16-14-24)36-20-23-11-7-12-25(18-23)28(30)34/h2-4,7-9,11-16,18-19H,5-6,10,17,20-21H2,1H3,(H2,30,34)(H,31,35). The number of benzene rings is 3. The predicted octanol–water partition coefficient (Wildman–Crippen LogP) is 4.60. The summed E-state index contributed by atoms with van der Waals surface area (Å²) < 4.78 is 5.86.